The van der Waals surface area contributed by atoms with E-state index in [4.69, 9.17) is 0 Å². The fourth-order valence-corrected chi connectivity index (χ4v) is 3.55. The van der Waals surface area contributed by atoms with Crippen LogP contribution in [0, 0.1) is 5.82 Å². The number of halogens is 1. The van der Waals surface area contributed by atoms with Crippen molar-refractivity contribution in [2.45, 2.75) is 36.2 Å². The summed E-state index contributed by atoms with van der Waals surface area (Å²) in [6.45, 7) is 0. The molecule has 1 aliphatic rings. The SMILES string of the molecule is O=C(O)[C@@H](SC1CCCC1)c1ccc(F)cc1. The first-order chi connectivity index (χ1) is 8.16. The summed E-state index contributed by atoms with van der Waals surface area (Å²) in [4.78, 5) is 11.3. The lowest BCUT2D eigenvalue weighted by molar-refractivity contribution is -0.136. The third kappa shape index (κ3) is 3.22. The molecule has 1 aromatic carbocycles. The van der Waals surface area contributed by atoms with Gasteiger partial charge in [-0.05, 0) is 30.5 Å². The van der Waals surface area contributed by atoms with E-state index in [1.165, 1.54) is 36.7 Å². The van der Waals surface area contributed by atoms with Gasteiger partial charge in [0.25, 0.3) is 0 Å². The van der Waals surface area contributed by atoms with Crippen molar-refractivity contribution >= 4 is 17.7 Å². The van der Waals surface area contributed by atoms with Crippen molar-refractivity contribution in [1.29, 1.82) is 0 Å². The molecule has 0 aromatic heterocycles. The molecule has 1 fully saturated rings. The Balaban J connectivity index is 2.10. The number of carbonyl (C=O) groups is 1. The van der Waals surface area contributed by atoms with Gasteiger partial charge in [-0.25, -0.2) is 4.39 Å². The number of hydrogen-bond donors (Lipinski definition) is 1. The van der Waals surface area contributed by atoms with Gasteiger partial charge in [-0.3, -0.25) is 4.79 Å². The van der Waals surface area contributed by atoms with Crippen LogP contribution in [0.2, 0.25) is 0 Å². The predicted octanol–water partition coefficient (Wildman–Crippen LogP) is 3.63. The van der Waals surface area contributed by atoms with Gasteiger partial charge in [-0.1, -0.05) is 25.0 Å². The molecule has 0 unspecified atom stereocenters. The van der Waals surface area contributed by atoms with Gasteiger partial charge in [0.15, 0.2) is 0 Å². The molecule has 0 heterocycles. The van der Waals surface area contributed by atoms with Crippen molar-refractivity contribution in [3.05, 3.63) is 35.6 Å². The summed E-state index contributed by atoms with van der Waals surface area (Å²) in [6, 6.07) is 5.77. The van der Waals surface area contributed by atoms with Gasteiger partial charge < -0.3 is 5.11 Å². The predicted molar refractivity (Wildman–Crippen MR) is 66.6 cm³/mol. The normalized spacial score (nSPS) is 18.2. The van der Waals surface area contributed by atoms with Crippen molar-refractivity contribution in [1.82, 2.24) is 0 Å². The maximum atomic E-state index is 12.8. The highest BCUT2D eigenvalue weighted by molar-refractivity contribution is 8.00. The lowest BCUT2D eigenvalue weighted by Crippen LogP contribution is -2.11. The average Bonchev–Trinajstić information content (AvgIpc) is 2.80. The first-order valence-corrected chi connectivity index (χ1v) is 6.75. The van der Waals surface area contributed by atoms with E-state index in [1.54, 1.807) is 12.1 Å². The Morgan fingerprint density at radius 2 is 1.88 bits per heavy atom. The van der Waals surface area contributed by atoms with Gasteiger partial charge in [0.1, 0.15) is 11.1 Å². The Labute approximate surface area is 104 Å². The first kappa shape index (κ1) is 12.4. The summed E-state index contributed by atoms with van der Waals surface area (Å²) in [5.74, 6) is -1.17. The van der Waals surface area contributed by atoms with Crippen molar-refractivity contribution < 1.29 is 14.3 Å². The molecule has 92 valence electrons. The molecule has 1 atom stereocenters. The summed E-state index contributed by atoms with van der Waals surface area (Å²) < 4.78 is 12.8. The average molecular weight is 254 g/mol. The molecule has 2 rings (SSSR count). The van der Waals surface area contributed by atoms with E-state index in [0.717, 1.165) is 12.8 Å². The van der Waals surface area contributed by atoms with E-state index in [1.807, 2.05) is 0 Å². The highest BCUT2D eigenvalue weighted by atomic mass is 32.2. The van der Waals surface area contributed by atoms with Crippen molar-refractivity contribution in [3.8, 4) is 0 Å². The molecule has 0 bridgehead atoms. The van der Waals surface area contributed by atoms with Gasteiger partial charge in [0, 0.05) is 5.25 Å². The van der Waals surface area contributed by atoms with Crippen LogP contribution in [-0.2, 0) is 4.79 Å². The van der Waals surface area contributed by atoms with E-state index in [-0.39, 0.29) is 5.82 Å². The second kappa shape index (κ2) is 5.54. The second-order valence-corrected chi connectivity index (χ2v) is 5.72. The smallest absolute Gasteiger partial charge is 0.321 e. The summed E-state index contributed by atoms with van der Waals surface area (Å²) in [5.41, 5.74) is 0.677. The summed E-state index contributed by atoms with van der Waals surface area (Å²) >= 11 is 1.50. The molecule has 0 amide bonds. The van der Waals surface area contributed by atoms with Gasteiger partial charge >= 0.3 is 5.97 Å². The van der Waals surface area contributed by atoms with Crippen molar-refractivity contribution in [2.24, 2.45) is 0 Å². The molecule has 0 aliphatic heterocycles. The summed E-state index contributed by atoms with van der Waals surface area (Å²) in [6.07, 6.45) is 4.56. The van der Waals surface area contributed by atoms with Crippen LogP contribution in [0.25, 0.3) is 0 Å². The van der Waals surface area contributed by atoms with Crippen LogP contribution < -0.4 is 0 Å². The fraction of sp³-hybridized carbons (Fsp3) is 0.462. The molecule has 1 aliphatic carbocycles. The number of carboxylic acids is 1. The van der Waals surface area contributed by atoms with Crippen LogP contribution in [0.3, 0.4) is 0 Å². The number of benzene rings is 1. The maximum absolute atomic E-state index is 12.8. The number of aliphatic carboxylic acids is 1. The summed E-state index contributed by atoms with van der Waals surface area (Å²) in [7, 11) is 0. The Kier molecular flexibility index (Phi) is 4.05. The largest absolute Gasteiger partial charge is 0.480 e. The molecule has 1 aromatic rings. The lowest BCUT2D eigenvalue weighted by atomic mass is 10.1. The molecule has 17 heavy (non-hydrogen) atoms. The van der Waals surface area contributed by atoms with Crippen LogP contribution in [0.15, 0.2) is 24.3 Å². The minimum absolute atomic E-state index is 0.330. The third-order valence-electron chi connectivity index (χ3n) is 3.03. The van der Waals surface area contributed by atoms with Crippen molar-refractivity contribution in [3.63, 3.8) is 0 Å². The van der Waals surface area contributed by atoms with E-state index >= 15 is 0 Å². The molecule has 0 radical (unpaired) electrons. The van der Waals surface area contributed by atoms with Crippen LogP contribution in [0.5, 0.6) is 0 Å². The molecule has 1 N–H and O–H groups in total. The topological polar surface area (TPSA) is 37.3 Å². The highest BCUT2D eigenvalue weighted by Crippen LogP contribution is 2.39. The molecule has 0 spiro atoms. The zero-order valence-electron chi connectivity index (χ0n) is 9.43. The minimum Gasteiger partial charge on any atom is -0.480 e. The van der Waals surface area contributed by atoms with Gasteiger partial charge in [0.2, 0.25) is 0 Å². The molecule has 4 heteroatoms. The number of thioether (sulfide) groups is 1. The lowest BCUT2D eigenvalue weighted by Gasteiger charge is -2.16. The molecule has 2 nitrogen and oxygen atoms in total. The monoisotopic (exact) mass is 254 g/mol. The second-order valence-electron chi connectivity index (χ2n) is 4.31. The quantitative estimate of drug-likeness (QED) is 0.891. The molecular formula is C13H15FO2S. The van der Waals surface area contributed by atoms with Gasteiger partial charge in [-0.15, -0.1) is 11.8 Å². The highest BCUT2D eigenvalue weighted by Gasteiger charge is 2.26. The third-order valence-corrected chi connectivity index (χ3v) is 4.63. The minimum atomic E-state index is -0.839. The zero-order valence-corrected chi connectivity index (χ0v) is 10.3. The van der Waals surface area contributed by atoms with Crippen LogP contribution in [-0.4, -0.2) is 16.3 Å². The Hall–Kier alpha value is -1.03. The number of rotatable bonds is 4. The van der Waals surface area contributed by atoms with Gasteiger partial charge in [0.05, 0.1) is 0 Å². The molecular weight excluding hydrogens is 239 g/mol. The van der Waals surface area contributed by atoms with Crippen LogP contribution >= 0.6 is 11.8 Å². The van der Waals surface area contributed by atoms with E-state index in [9.17, 15) is 14.3 Å². The Bertz CT molecular complexity index is 385. The van der Waals surface area contributed by atoms with Crippen LogP contribution in [0.1, 0.15) is 36.5 Å². The van der Waals surface area contributed by atoms with Crippen molar-refractivity contribution in [2.75, 3.05) is 0 Å². The van der Waals surface area contributed by atoms with E-state index in [0.29, 0.717) is 10.8 Å². The Morgan fingerprint density at radius 1 is 1.29 bits per heavy atom. The standard InChI is InChI=1S/C13H15FO2S/c14-10-7-5-9(6-8-10)12(13(15)16)17-11-3-1-2-4-11/h5-8,11-12H,1-4H2,(H,15,16)/t12-/m0/s1. The number of hydrogen-bond acceptors (Lipinski definition) is 2. The number of carboxylic acid groups (broad SMARTS) is 1. The summed E-state index contributed by atoms with van der Waals surface area (Å²) in [5, 5.41) is 9.10. The van der Waals surface area contributed by atoms with Gasteiger partial charge in [-0.2, -0.15) is 0 Å². The fourth-order valence-electron chi connectivity index (χ4n) is 2.13. The first-order valence-electron chi connectivity index (χ1n) is 5.80. The maximum Gasteiger partial charge on any atom is 0.321 e. The molecule has 1 saturated carbocycles. The van der Waals surface area contributed by atoms with E-state index in [2.05, 4.69) is 0 Å². The molecule has 0 saturated heterocycles. The van der Waals surface area contributed by atoms with Crippen LogP contribution in [0.4, 0.5) is 4.39 Å². The Morgan fingerprint density at radius 3 is 2.41 bits per heavy atom. The zero-order chi connectivity index (χ0) is 12.3. The van der Waals surface area contributed by atoms with E-state index < -0.39 is 11.2 Å².